The molecule has 4 aromatic rings. The molecular weight excluding hydrogens is 534 g/mol. The van der Waals surface area contributed by atoms with Crippen LogP contribution < -0.4 is 10.2 Å². The van der Waals surface area contributed by atoms with Gasteiger partial charge >= 0.3 is 12.1 Å². The third-order valence-corrected chi connectivity index (χ3v) is 6.51. The number of aliphatic carboxylic acids is 1. The molecule has 2 aromatic carbocycles. The van der Waals surface area contributed by atoms with E-state index in [-0.39, 0.29) is 17.6 Å². The second-order valence-corrected chi connectivity index (χ2v) is 9.25. The Morgan fingerprint density at radius 3 is 2.33 bits per heavy atom. The van der Waals surface area contributed by atoms with Crippen molar-refractivity contribution in [2.45, 2.75) is 32.1 Å². The number of carboxylic acids is 1. The van der Waals surface area contributed by atoms with E-state index in [1.54, 1.807) is 10.9 Å². The number of fused-ring (bicyclic) bond motifs is 1. The molecule has 10 nitrogen and oxygen atoms in total. The average molecular weight is 562 g/mol. The fourth-order valence-corrected chi connectivity index (χ4v) is 4.35. The molecule has 1 aliphatic heterocycles. The minimum absolute atomic E-state index is 0.0376. The summed E-state index contributed by atoms with van der Waals surface area (Å²) in [7, 11) is 1.86. The summed E-state index contributed by atoms with van der Waals surface area (Å²) in [4.78, 5) is 28.7. The van der Waals surface area contributed by atoms with E-state index in [2.05, 4.69) is 31.0 Å². The Hall–Kier alpha value is -4.49. The number of para-hydroxylation sites is 2. The smallest absolute Gasteiger partial charge is 0.475 e. The molecule has 0 aliphatic carbocycles. The lowest BCUT2D eigenvalue weighted by atomic mass is 9.96. The number of amides is 1. The Morgan fingerprint density at radius 2 is 1.73 bits per heavy atom. The second kappa shape index (κ2) is 12.1. The van der Waals surface area contributed by atoms with E-state index >= 15 is 0 Å². The lowest BCUT2D eigenvalue weighted by molar-refractivity contribution is -0.192. The van der Waals surface area contributed by atoms with Gasteiger partial charge in [-0.15, -0.1) is 10.2 Å². The molecule has 0 spiro atoms. The highest BCUT2D eigenvalue weighted by molar-refractivity contribution is 5.80. The zero-order valence-corrected chi connectivity index (χ0v) is 21.5. The molecule has 1 amide bonds. The summed E-state index contributed by atoms with van der Waals surface area (Å²) in [6, 6.07) is 14.6. The summed E-state index contributed by atoms with van der Waals surface area (Å²) < 4.78 is 49.1. The molecule has 1 saturated heterocycles. The molecule has 0 atom stereocenters. The number of benzene rings is 2. The Morgan fingerprint density at radius 1 is 1.07 bits per heavy atom. The van der Waals surface area contributed by atoms with Crippen LogP contribution in [0.15, 0.2) is 54.9 Å². The highest BCUT2D eigenvalue weighted by atomic mass is 19.4. The molecule has 1 aliphatic rings. The fraction of sp³-hybridized carbons (Fsp3) is 0.346. The van der Waals surface area contributed by atoms with Crippen LogP contribution in [0.25, 0.3) is 11.0 Å². The van der Waals surface area contributed by atoms with Gasteiger partial charge in [0.05, 0.1) is 24.1 Å². The summed E-state index contributed by atoms with van der Waals surface area (Å²) in [5, 5.41) is 18.0. The van der Waals surface area contributed by atoms with Crippen molar-refractivity contribution < 1.29 is 32.3 Å². The maximum Gasteiger partial charge on any atom is 0.490 e. The highest BCUT2D eigenvalue weighted by Crippen LogP contribution is 2.28. The Bertz CT molecular complexity index is 1460. The number of carbonyl (C=O) groups is 2. The van der Waals surface area contributed by atoms with E-state index in [0.717, 1.165) is 54.3 Å². The number of carbonyl (C=O) groups excluding carboxylic acids is 1. The average Bonchev–Trinajstić information content (AvgIpc) is 3.51. The first-order chi connectivity index (χ1) is 19.0. The molecule has 1 fully saturated rings. The number of piperidine rings is 1. The van der Waals surface area contributed by atoms with Gasteiger partial charge in [0.1, 0.15) is 12.1 Å². The molecule has 3 heterocycles. The molecule has 0 unspecified atom stereocenters. The van der Waals surface area contributed by atoms with Crippen molar-refractivity contribution in [2.24, 2.45) is 13.0 Å². The van der Waals surface area contributed by atoms with Crippen LogP contribution >= 0.6 is 0 Å². The van der Waals surface area contributed by atoms with Crippen molar-refractivity contribution in [3.05, 3.63) is 72.1 Å². The predicted molar refractivity (Wildman–Crippen MR) is 137 cm³/mol. The number of halogens is 4. The largest absolute Gasteiger partial charge is 0.490 e. The van der Waals surface area contributed by atoms with Crippen LogP contribution in [-0.4, -0.2) is 60.6 Å². The van der Waals surface area contributed by atoms with Gasteiger partial charge < -0.3 is 24.5 Å². The van der Waals surface area contributed by atoms with Crippen molar-refractivity contribution in [1.29, 1.82) is 0 Å². The van der Waals surface area contributed by atoms with E-state index in [1.807, 2.05) is 37.4 Å². The van der Waals surface area contributed by atoms with Crippen LogP contribution in [0.2, 0.25) is 0 Å². The van der Waals surface area contributed by atoms with Crippen molar-refractivity contribution in [3.63, 3.8) is 0 Å². The van der Waals surface area contributed by atoms with E-state index < -0.39 is 12.1 Å². The lowest BCUT2D eigenvalue weighted by Gasteiger charge is -2.32. The number of hydrogen-bond acceptors (Lipinski definition) is 6. The third kappa shape index (κ3) is 6.93. The summed E-state index contributed by atoms with van der Waals surface area (Å²) in [5.74, 6) is -1.36. The molecule has 0 saturated carbocycles. The molecule has 40 heavy (non-hydrogen) atoms. The van der Waals surface area contributed by atoms with Gasteiger partial charge in [0.2, 0.25) is 11.9 Å². The molecule has 5 rings (SSSR count). The van der Waals surface area contributed by atoms with Crippen molar-refractivity contribution in [1.82, 2.24) is 29.6 Å². The minimum Gasteiger partial charge on any atom is -0.475 e. The number of aromatic nitrogens is 5. The molecular formula is C26H27F4N7O3. The number of imidazole rings is 1. The summed E-state index contributed by atoms with van der Waals surface area (Å²) in [5.41, 5.74) is 2.98. The van der Waals surface area contributed by atoms with Crippen LogP contribution in [0, 0.1) is 11.7 Å². The van der Waals surface area contributed by atoms with Gasteiger partial charge in [0.25, 0.3) is 0 Å². The first-order valence-electron chi connectivity index (χ1n) is 12.4. The number of carboxylic acid groups (broad SMARTS) is 1. The number of hydrogen-bond donors (Lipinski definition) is 2. The van der Waals surface area contributed by atoms with Gasteiger partial charge in [-0.3, -0.25) is 4.79 Å². The van der Waals surface area contributed by atoms with Gasteiger partial charge in [-0.1, -0.05) is 24.3 Å². The molecule has 2 N–H and O–H groups in total. The van der Waals surface area contributed by atoms with Gasteiger partial charge in [0, 0.05) is 26.1 Å². The molecule has 212 valence electrons. The maximum absolute atomic E-state index is 13.4. The van der Waals surface area contributed by atoms with Crippen LogP contribution in [0.4, 0.5) is 23.5 Å². The van der Waals surface area contributed by atoms with Gasteiger partial charge in [-0.25, -0.2) is 14.2 Å². The number of rotatable bonds is 6. The second-order valence-electron chi connectivity index (χ2n) is 9.25. The predicted octanol–water partition coefficient (Wildman–Crippen LogP) is 3.52. The maximum atomic E-state index is 13.4. The van der Waals surface area contributed by atoms with Gasteiger partial charge in [-0.2, -0.15) is 13.2 Å². The van der Waals surface area contributed by atoms with Crippen molar-refractivity contribution >= 4 is 28.9 Å². The van der Waals surface area contributed by atoms with E-state index in [4.69, 9.17) is 14.9 Å². The van der Waals surface area contributed by atoms with Crippen LogP contribution in [0.5, 0.6) is 0 Å². The standard InChI is InChI=1S/C24H26FN7O.C2HF3O2/c1-30-16-27-29-22(30)14-26-23(33)18-10-12-31(13-11-18)24-28-20-4-2-3-5-21(20)32(24)15-17-6-8-19(25)9-7-17;3-2(4,5)1(6)7/h2-9,16,18H,10-15H2,1H3,(H,26,33);(H,6,7). The topological polar surface area (TPSA) is 118 Å². The van der Waals surface area contributed by atoms with E-state index in [9.17, 15) is 22.4 Å². The van der Waals surface area contributed by atoms with Crippen LogP contribution in [-0.2, 0) is 29.7 Å². The quantitative estimate of drug-likeness (QED) is 0.346. The third-order valence-electron chi connectivity index (χ3n) is 6.51. The molecule has 14 heteroatoms. The fourth-order valence-electron chi connectivity index (χ4n) is 4.35. The van der Waals surface area contributed by atoms with E-state index in [1.165, 1.54) is 12.1 Å². The summed E-state index contributed by atoms with van der Waals surface area (Å²) in [6.07, 6.45) is -1.95. The van der Waals surface area contributed by atoms with Gasteiger partial charge in [-0.05, 0) is 42.7 Å². The van der Waals surface area contributed by atoms with Crippen LogP contribution in [0.1, 0.15) is 24.2 Å². The molecule has 2 aromatic heterocycles. The van der Waals surface area contributed by atoms with Crippen LogP contribution in [0.3, 0.4) is 0 Å². The number of nitrogens with one attached hydrogen (secondary N) is 1. The highest BCUT2D eigenvalue weighted by Gasteiger charge is 2.38. The Labute approximate surface area is 226 Å². The molecule has 0 bridgehead atoms. The first-order valence-corrected chi connectivity index (χ1v) is 12.4. The number of alkyl halides is 3. The number of nitrogens with zero attached hydrogens (tertiary/aromatic N) is 6. The normalized spacial score (nSPS) is 14.1. The van der Waals surface area contributed by atoms with E-state index in [0.29, 0.717) is 13.1 Å². The number of aryl methyl sites for hydroxylation is 1. The SMILES string of the molecule is Cn1cnnc1CNC(=O)C1CCN(c2nc3ccccc3n2Cc2ccc(F)cc2)CC1.O=C(O)C(F)(F)F. The summed E-state index contributed by atoms with van der Waals surface area (Å²) >= 11 is 0. The first kappa shape index (κ1) is 28.5. The zero-order chi connectivity index (χ0) is 28.9. The number of anilines is 1. The van der Waals surface area contributed by atoms with Gasteiger partial charge in [0.15, 0.2) is 5.82 Å². The lowest BCUT2D eigenvalue weighted by Crippen LogP contribution is -2.41. The zero-order valence-electron chi connectivity index (χ0n) is 21.5. The van der Waals surface area contributed by atoms with Crippen molar-refractivity contribution in [2.75, 3.05) is 18.0 Å². The Balaban J connectivity index is 0.000000470. The minimum atomic E-state index is -5.08. The monoisotopic (exact) mass is 561 g/mol. The Kier molecular flexibility index (Phi) is 8.65. The summed E-state index contributed by atoms with van der Waals surface area (Å²) in [6.45, 7) is 2.47. The van der Waals surface area contributed by atoms with Crippen molar-refractivity contribution in [3.8, 4) is 0 Å². The molecule has 0 radical (unpaired) electrons.